The highest BCUT2D eigenvalue weighted by atomic mass is 16.5. The van der Waals surface area contributed by atoms with E-state index in [1.54, 1.807) is 24.3 Å². The Hall–Kier alpha value is -3.32. The molecule has 0 aromatic heterocycles. The molecule has 142 valence electrons. The summed E-state index contributed by atoms with van der Waals surface area (Å²) in [5.74, 6) is -2.43. The van der Waals surface area contributed by atoms with E-state index >= 15 is 0 Å². The molecular weight excluding hydrogens is 364 g/mol. The van der Waals surface area contributed by atoms with Gasteiger partial charge >= 0.3 is 5.97 Å². The Morgan fingerprint density at radius 1 is 1.04 bits per heavy atom. The fourth-order valence-electron chi connectivity index (χ4n) is 3.71. The van der Waals surface area contributed by atoms with E-state index in [4.69, 9.17) is 9.47 Å². The SMILES string of the molecule is CC(=O)Oc1c2c(c(O)c3ccccc13)C(=O)C1=C(COC(C(C)=O)C1)C2=O. The lowest BCUT2D eigenvalue weighted by Crippen LogP contribution is -2.36. The number of carbonyl (C=O) groups is 4. The van der Waals surface area contributed by atoms with Crippen molar-refractivity contribution in [2.24, 2.45) is 0 Å². The molecule has 2 aliphatic rings. The summed E-state index contributed by atoms with van der Waals surface area (Å²) in [6, 6.07) is 6.49. The van der Waals surface area contributed by atoms with Gasteiger partial charge in [-0.3, -0.25) is 19.2 Å². The number of ketones is 3. The molecule has 1 aliphatic carbocycles. The van der Waals surface area contributed by atoms with Gasteiger partial charge < -0.3 is 14.6 Å². The average molecular weight is 380 g/mol. The number of Topliss-reactive ketones (excluding diaryl/α,β-unsaturated/α-hetero) is 3. The molecule has 1 unspecified atom stereocenters. The summed E-state index contributed by atoms with van der Waals surface area (Å²) in [4.78, 5) is 49.7. The lowest BCUT2D eigenvalue weighted by Gasteiger charge is -2.30. The summed E-state index contributed by atoms with van der Waals surface area (Å²) in [6.45, 7) is 2.34. The Morgan fingerprint density at radius 3 is 2.32 bits per heavy atom. The molecule has 0 saturated heterocycles. The number of esters is 1. The van der Waals surface area contributed by atoms with Gasteiger partial charge in [0.1, 0.15) is 11.9 Å². The number of aromatic hydroxyl groups is 1. The van der Waals surface area contributed by atoms with Crippen LogP contribution in [-0.2, 0) is 14.3 Å². The number of hydrogen-bond acceptors (Lipinski definition) is 7. The van der Waals surface area contributed by atoms with Crippen molar-refractivity contribution in [3.05, 3.63) is 46.5 Å². The van der Waals surface area contributed by atoms with Gasteiger partial charge in [0, 0.05) is 35.3 Å². The molecule has 1 atom stereocenters. The van der Waals surface area contributed by atoms with Crippen LogP contribution in [0.15, 0.2) is 35.4 Å². The molecule has 0 spiro atoms. The second kappa shape index (κ2) is 6.38. The molecule has 7 nitrogen and oxygen atoms in total. The Kier molecular flexibility index (Phi) is 4.12. The van der Waals surface area contributed by atoms with Gasteiger partial charge in [-0.05, 0) is 6.92 Å². The lowest BCUT2D eigenvalue weighted by molar-refractivity contribution is -0.132. The average Bonchev–Trinajstić information content (AvgIpc) is 2.67. The van der Waals surface area contributed by atoms with Crippen LogP contribution in [0, 0.1) is 0 Å². The van der Waals surface area contributed by atoms with Crippen LogP contribution >= 0.6 is 0 Å². The second-order valence-corrected chi connectivity index (χ2v) is 6.80. The standard InChI is InChI=1S/C21H16O7/c1-9(22)15-7-13-14(8-27-15)20(26)17-16(19(13)25)18(24)11-5-3-4-6-12(11)21(17)28-10(2)23/h3-6,15,24H,7-8H2,1-2H3. The zero-order chi connectivity index (χ0) is 20.2. The van der Waals surface area contributed by atoms with Crippen molar-refractivity contribution in [1.82, 2.24) is 0 Å². The summed E-state index contributed by atoms with van der Waals surface area (Å²) in [7, 11) is 0. The Bertz CT molecular complexity index is 1120. The largest absolute Gasteiger partial charge is 0.506 e. The molecule has 7 heteroatoms. The van der Waals surface area contributed by atoms with Crippen LogP contribution in [0.2, 0.25) is 0 Å². The second-order valence-electron chi connectivity index (χ2n) is 6.80. The van der Waals surface area contributed by atoms with Crippen molar-refractivity contribution in [1.29, 1.82) is 0 Å². The first-order valence-electron chi connectivity index (χ1n) is 8.70. The Morgan fingerprint density at radius 2 is 1.68 bits per heavy atom. The lowest BCUT2D eigenvalue weighted by atomic mass is 9.78. The van der Waals surface area contributed by atoms with Gasteiger partial charge in [-0.1, -0.05) is 24.3 Å². The van der Waals surface area contributed by atoms with Gasteiger partial charge in [-0.15, -0.1) is 0 Å². The number of carbonyl (C=O) groups excluding carboxylic acids is 4. The molecule has 2 aromatic carbocycles. The predicted molar refractivity (Wildman–Crippen MR) is 97.6 cm³/mol. The fraction of sp³-hybridized carbons (Fsp3) is 0.238. The van der Waals surface area contributed by atoms with Crippen molar-refractivity contribution in [3.63, 3.8) is 0 Å². The molecule has 4 rings (SSSR count). The molecular formula is C21H16O7. The maximum atomic E-state index is 13.2. The highest BCUT2D eigenvalue weighted by molar-refractivity contribution is 6.31. The van der Waals surface area contributed by atoms with Gasteiger partial charge in [-0.25, -0.2) is 0 Å². The molecule has 1 N–H and O–H groups in total. The zero-order valence-electron chi connectivity index (χ0n) is 15.2. The van der Waals surface area contributed by atoms with Crippen LogP contribution in [-0.4, -0.2) is 41.1 Å². The monoisotopic (exact) mass is 380 g/mol. The van der Waals surface area contributed by atoms with E-state index in [1.807, 2.05) is 0 Å². The van der Waals surface area contributed by atoms with Crippen LogP contribution in [0.5, 0.6) is 11.5 Å². The Balaban J connectivity index is 2.02. The van der Waals surface area contributed by atoms with E-state index in [1.165, 1.54) is 13.8 Å². The first kappa shape index (κ1) is 18.1. The van der Waals surface area contributed by atoms with Crippen LogP contribution in [0.1, 0.15) is 41.0 Å². The van der Waals surface area contributed by atoms with Gasteiger partial charge in [-0.2, -0.15) is 0 Å². The van der Waals surface area contributed by atoms with Crippen LogP contribution < -0.4 is 4.74 Å². The van der Waals surface area contributed by atoms with Gasteiger partial charge in [0.25, 0.3) is 0 Å². The molecule has 2 aromatic rings. The predicted octanol–water partition coefficient (Wildman–Crippen LogP) is 2.52. The summed E-state index contributed by atoms with van der Waals surface area (Å²) in [5.41, 5.74) is -0.0793. The molecule has 1 aliphatic heterocycles. The summed E-state index contributed by atoms with van der Waals surface area (Å²) in [5, 5.41) is 11.4. The minimum absolute atomic E-state index is 0.0379. The van der Waals surface area contributed by atoms with Crippen LogP contribution in [0.25, 0.3) is 10.8 Å². The first-order chi connectivity index (χ1) is 13.3. The third-order valence-corrected chi connectivity index (χ3v) is 5.02. The summed E-state index contributed by atoms with van der Waals surface area (Å²) >= 11 is 0. The highest BCUT2D eigenvalue weighted by Crippen LogP contribution is 2.46. The minimum Gasteiger partial charge on any atom is -0.506 e. The molecule has 28 heavy (non-hydrogen) atoms. The van der Waals surface area contributed by atoms with E-state index < -0.39 is 23.6 Å². The maximum absolute atomic E-state index is 13.2. The smallest absolute Gasteiger partial charge is 0.308 e. The summed E-state index contributed by atoms with van der Waals surface area (Å²) in [6.07, 6.45) is -0.850. The number of ether oxygens (including phenoxy) is 2. The quantitative estimate of drug-likeness (QED) is 0.630. The molecule has 0 radical (unpaired) electrons. The Labute approximate surface area is 159 Å². The van der Waals surface area contributed by atoms with Gasteiger partial charge in [0.05, 0.1) is 17.7 Å². The molecule has 0 fully saturated rings. The van der Waals surface area contributed by atoms with Crippen LogP contribution in [0.4, 0.5) is 0 Å². The number of hydrogen-bond donors (Lipinski definition) is 1. The fourth-order valence-corrected chi connectivity index (χ4v) is 3.71. The number of rotatable bonds is 2. The molecule has 0 amide bonds. The van der Waals surface area contributed by atoms with E-state index in [0.717, 1.165) is 0 Å². The van der Waals surface area contributed by atoms with Crippen molar-refractivity contribution in [2.75, 3.05) is 6.61 Å². The van der Waals surface area contributed by atoms with Gasteiger partial charge in [0.15, 0.2) is 23.1 Å². The summed E-state index contributed by atoms with van der Waals surface area (Å²) < 4.78 is 10.7. The van der Waals surface area contributed by atoms with E-state index in [2.05, 4.69) is 0 Å². The zero-order valence-corrected chi connectivity index (χ0v) is 15.2. The van der Waals surface area contributed by atoms with Crippen molar-refractivity contribution in [2.45, 2.75) is 26.4 Å². The van der Waals surface area contributed by atoms with E-state index in [-0.39, 0.29) is 58.0 Å². The number of phenolic OH excluding ortho intramolecular Hbond substituents is 1. The first-order valence-corrected chi connectivity index (χ1v) is 8.70. The van der Waals surface area contributed by atoms with E-state index in [9.17, 15) is 24.3 Å². The van der Waals surface area contributed by atoms with Crippen molar-refractivity contribution >= 4 is 34.1 Å². The van der Waals surface area contributed by atoms with E-state index in [0.29, 0.717) is 5.39 Å². The highest BCUT2D eigenvalue weighted by Gasteiger charge is 2.42. The molecule has 0 saturated carbocycles. The normalized spacial score (nSPS) is 18.7. The van der Waals surface area contributed by atoms with Crippen molar-refractivity contribution in [3.8, 4) is 11.5 Å². The number of benzene rings is 2. The van der Waals surface area contributed by atoms with Gasteiger partial charge in [0.2, 0.25) is 0 Å². The number of fused-ring (bicyclic) bond motifs is 2. The topological polar surface area (TPSA) is 107 Å². The number of phenols is 1. The minimum atomic E-state index is -0.812. The molecule has 1 heterocycles. The van der Waals surface area contributed by atoms with Crippen molar-refractivity contribution < 1.29 is 33.8 Å². The van der Waals surface area contributed by atoms with Crippen LogP contribution in [0.3, 0.4) is 0 Å². The maximum Gasteiger partial charge on any atom is 0.308 e. The third-order valence-electron chi connectivity index (χ3n) is 5.02. The molecule has 0 bridgehead atoms. The third kappa shape index (κ3) is 2.55.